The van der Waals surface area contributed by atoms with Gasteiger partial charge in [-0.2, -0.15) is 0 Å². The Balaban J connectivity index is 1.68. The highest BCUT2D eigenvalue weighted by atomic mass is 28.3. The van der Waals surface area contributed by atoms with Crippen molar-refractivity contribution in [3.8, 4) is 11.1 Å². The molecule has 2 aromatic carbocycles. The predicted molar refractivity (Wildman–Crippen MR) is 134 cm³/mol. The summed E-state index contributed by atoms with van der Waals surface area (Å²) < 4.78 is 30.0. The number of aliphatic hydroxyl groups excluding tert-OH is 1. The van der Waals surface area contributed by atoms with Crippen LogP contribution in [-0.4, -0.2) is 19.8 Å². The van der Waals surface area contributed by atoms with E-state index >= 15 is 4.39 Å². The number of hydrogen-bond donors (Lipinski definition) is 1. The minimum absolute atomic E-state index is 0.0888. The molecule has 1 aliphatic rings. The first-order valence-electron chi connectivity index (χ1n) is 12.6. The lowest BCUT2D eigenvalue weighted by atomic mass is 9.77. The number of aliphatic hydroxyl groups is 1. The van der Waals surface area contributed by atoms with Gasteiger partial charge in [0, 0.05) is 12.2 Å². The molecule has 0 saturated heterocycles. The van der Waals surface area contributed by atoms with E-state index in [4.69, 9.17) is 5.11 Å². The third-order valence-corrected chi connectivity index (χ3v) is 11.0. The second kappa shape index (κ2) is 11.6. The van der Waals surface area contributed by atoms with Crippen molar-refractivity contribution in [2.75, 3.05) is 6.61 Å². The molecule has 1 N–H and O–H groups in total. The van der Waals surface area contributed by atoms with Gasteiger partial charge in [0.15, 0.2) is 11.6 Å². The van der Waals surface area contributed by atoms with Gasteiger partial charge < -0.3 is 5.11 Å². The molecule has 0 amide bonds. The van der Waals surface area contributed by atoms with Crippen molar-refractivity contribution < 1.29 is 13.9 Å². The summed E-state index contributed by atoms with van der Waals surface area (Å²) in [5.41, 5.74) is 2.40. The zero-order valence-electron chi connectivity index (χ0n) is 20.1. The Bertz CT molecular complexity index is 854. The van der Waals surface area contributed by atoms with E-state index in [0.29, 0.717) is 23.1 Å². The molecule has 1 saturated carbocycles. The fourth-order valence-electron chi connectivity index (χ4n) is 5.35. The van der Waals surface area contributed by atoms with E-state index in [2.05, 4.69) is 19.1 Å². The van der Waals surface area contributed by atoms with Crippen LogP contribution in [0.25, 0.3) is 11.1 Å². The fraction of sp³-hybridized carbons (Fsp3) is 0.571. The molecule has 0 radical (unpaired) electrons. The summed E-state index contributed by atoms with van der Waals surface area (Å²) >= 11 is 0. The maximum Gasteiger partial charge on any atom is 0.166 e. The van der Waals surface area contributed by atoms with Gasteiger partial charge in [0.25, 0.3) is 0 Å². The number of unbranched alkanes of at least 4 members (excludes halogenated alkanes) is 2. The molecule has 1 fully saturated rings. The van der Waals surface area contributed by atoms with Crippen molar-refractivity contribution in [3.63, 3.8) is 0 Å². The number of halogens is 2. The van der Waals surface area contributed by atoms with Gasteiger partial charge in [0.2, 0.25) is 0 Å². The lowest BCUT2D eigenvalue weighted by Gasteiger charge is -2.29. The van der Waals surface area contributed by atoms with Crippen LogP contribution < -0.4 is 5.19 Å². The summed E-state index contributed by atoms with van der Waals surface area (Å²) in [5, 5.41) is 9.63. The number of rotatable bonds is 10. The van der Waals surface area contributed by atoms with Gasteiger partial charge in [-0.15, -0.1) is 0 Å². The van der Waals surface area contributed by atoms with E-state index in [0.717, 1.165) is 17.5 Å². The van der Waals surface area contributed by atoms with Gasteiger partial charge in [-0.1, -0.05) is 88.1 Å². The van der Waals surface area contributed by atoms with Crippen LogP contribution >= 0.6 is 0 Å². The van der Waals surface area contributed by atoms with E-state index in [9.17, 15) is 4.39 Å². The van der Waals surface area contributed by atoms with Crippen molar-refractivity contribution in [1.82, 2.24) is 0 Å². The predicted octanol–water partition coefficient (Wildman–Crippen LogP) is 7.78. The van der Waals surface area contributed by atoms with Crippen molar-refractivity contribution in [2.24, 2.45) is 5.92 Å². The molecule has 0 atom stereocenters. The SMILES string of the molecule is CCCCCC1CCC(c2ccc(-c3ccc([Si](C)(C)CCCO)c(F)c3F)cc2)CC1. The highest BCUT2D eigenvalue weighted by Gasteiger charge is 2.29. The van der Waals surface area contributed by atoms with E-state index in [1.807, 2.05) is 25.2 Å². The maximum atomic E-state index is 15.0. The van der Waals surface area contributed by atoms with Gasteiger partial charge in [-0.25, -0.2) is 8.78 Å². The topological polar surface area (TPSA) is 20.2 Å². The van der Waals surface area contributed by atoms with Crippen LogP contribution in [0.15, 0.2) is 36.4 Å². The van der Waals surface area contributed by atoms with E-state index < -0.39 is 19.7 Å². The van der Waals surface area contributed by atoms with Crippen LogP contribution in [0.2, 0.25) is 19.1 Å². The zero-order valence-corrected chi connectivity index (χ0v) is 21.1. The lowest BCUT2D eigenvalue weighted by molar-refractivity contribution is 0.294. The van der Waals surface area contributed by atoms with Gasteiger partial charge in [-0.05, 0) is 60.3 Å². The molecule has 176 valence electrons. The number of hydrogen-bond acceptors (Lipinski definition) is 1. The standard InChI is InChI=1S/C28H40F2OSi/c1-4-5-6-8-21-9-11-22(12-10-21)23-13-15-24(16-14-23)25-17-18-26(28(30)27(25)29)32(2,3)20-7-19-31/h13-18,21-22,31H,4-12,19-20H2,1-3H3. The highest BCUT2D eigenvalue weighted by molar-refractivity contribution is 6.89. The monoisotopic (exact) mass is 458 g/mol. The average molecular weight is 459 g/mol. The van der Waals surface area contributed by atoms with Crippen molar-refractivity contribution >= 4 is 13.3 Å². The van der Waals surface area contributed by atoms with Crippen LogP contribution in [0.5, 0.6) is 0 Å². The third-order valence-electron chi connectivity index (χ3n) is 7.53. The molecular weight excluding hydrogens is 418 g/mol. The van der Waals surface area contributed by atoms with Gasteiger partial charge >= 0.3 is 0 Å². The Hall–Kier alpha value is -1.52. The van der Waals surface area contributed by atoms with Crippen molar-refractivity contribution in [3.05, 3.63) is 53.6 Å². The average Bonchev–Trinajstić information content (AvgIpc) is 2.80. The van der Waals surface area contributed by atoms with Crippen LogP contribution in [0.4, 0.5) is 8.78 Å². The minimum atomic E-state index is -2.12. The van der Waals surface area contributed by atoms with Gasteiger partial charge in [0.1, 0.15) is 0 Å². The second-order valence-corrected chi connectivity index (χ2v) is 15.1. The van der Waals surface area contributed by atoms with Crippen molar-refractivity contribution in [1.29, 1.82) is 0 Å². The number of benzene rings is 2. The van der Waals surface area contributed by atoms with E-state index in [1.54, 1.807) is 12.1 Å². The minimum Gasteiger partial charge on any atom is -0.396 e. The summed E-state index contributed by atoms with van der Waals surface area (Å²) in [6.07, 6.45) is 11.1. The molecule has 3 rings (SSSR count). The van der Waals surface area contributed by atoms with E-state index in [1.165, 1.54) is 56.9 Å². The van der Waals surface area contributed by atoms with Gasteiger partial charge in [-0.3, -0.25) is 0 Å². The Morgan fingerprint density at radius 2 is 1.56 bits per heavy atom. The highest BCUT2D eigenvalue weighted by Crippen LogP contribution is 2.38. The molecule has 0 aliphatic heterocycles. The zero-order chi connectivity index (χ0) is 23.1. The largest absolute Gasteiger partial charge is 0.396 e. The second-order valence-electron chi connectivity index (χ2n) is 10.3. The molecule has 0 spiro atoms. The summed E-state index contributed by atoms with van der Waals surface area (Å²) in [5.74, 6) is 0.0292. The van der Waals surface area contributed by atoms with Gasteiger partial charge in [0.05, 0.1) is 8.07 Å². The first kappa shape index (κ1) is 25.1. The Labute approximate surface area is 194 Å². The van der Waals surface area contributed by atoms with Crippen LogP contribution in [0.1, 0.15) is 76.2 Å². The molecular formula is C28H40F2OSi. The van der Waals surface area contributed by atoms with Crippen LogP contribution in [0, 0.1) is 17.6 Å². The fourth-order valence-corrected chi connectivity index (χ4v) is 7.90. The molecule has 0 heterocycles. The molecule has 0 bridgehead atoms. The quantitative estimate of drug-likeness (QED) is 0.285. The van der Waals surface area contributed by atoms with Crippen LogP contribution in [0.3, 0.4) is 0 Å². The molecule has 1 nitrogen and oxygen atoms in total. The first-order valence-corrected chi connectivity index (χ1v) is 15.8. The normalized spacial score (nSPS) is 19.3. The first-order chi connectivity index (χ1) is 15.4. The maximum absolute atomic E-state index is 15.0. The van der Waals surface area contributed by atoms with E-state index in [-0.39, 0.29) is 6.61 Å². The lowest BCUT2D eigenvalue weighted by Crippen LogP contribution is -2.44. The van der Waals surface area contributed by atoms with Crippen LogP contribution in [-0.2, 0) is 0 Å². The molecule has 32 heavy (non-hydrogen) atoms. The Morgan fingerprint density at radius 3 is 2.19 bits per heavy atom. The van der Waals surface area contributed by atoms with Crippen molar-refractivity contribution in [2.45, 2.75) is 89.8 Å². The summed E-state index contributed by atoms with van der Waals surface area (Å²) in [7, 11) is -2.12. The Kier molecular flexibility index (Phi) is 9.07. The molecule has 4 heteroatoms. The molecule has 1 aliphatic carbocycles. The Morgan fingerprint density at radius 1 is 0.875 bits per heavy atom. The molecule has 0 unspecified atom stereocenters. The smallest absolute Gasteiger partial charge is 0.166 e. The summed E-state index contributed by atoms with van der Waals surface area (Å²) in [4.78, 5) is 0. The molecule has 0 aromatic heterocycles. The third kappa shape index (κ3) is 6.08. The summed E-state index contributed by atoms with van der Waals surface area (Å²) in [6.45, 7) is 6.42. The summed E-state index contributed by atoms with van der Waals surface area (Å²) in [6, 6.07) is 12.4. The molecule has 2 aromatic rings.